The van der Waals surface area contributed by atoms with Crippen LogP contribution in [0.1, 0.15) is 18.1 Å². The molecule has 0 aromatic heterocycles. The van der Waals surface area contributed by atoms with E-state index in [-0.39, 0.29) is 0 Å². The largest absolute Gasteiger partial charge is 0.491 e. The van der Waals surface area contributed by atoms with Crippen molar-refractivity contribution in [2.24, 2.45) is 5.92 Å². The number of hydrogen-bond donors (Lipinski definition) is 2. The molecule has 1 aromatic rings. The Labute approximate surface area is 122 Å². The molecule has 0 spiro atoms. The fourth-order valence-electron chi connectivity index (χ4n) is 2.11. The Kier molecular flexibility index (Phi) is 7.59. The van der Waals surface area contributed by atoms with Crippen LogP contribution >= 0.6 is 0 Å². The highest BCUT2D eigenvalue weighted by Gasteiger charge is 2.07. The Balaban J connectivity index is 2.24. The SMILES string of the molecule is COCC(C)CNCC(O)COc1cc(C)cc(C)c1. The lowest BCUT2D eigenvalue weighted by Gasteiger charge is -2.16. The highest BCUT2D eigenvalue weighted by molar-refractivity contribution is 5.32. The van der Waals surface area contributed by atoms with Crippen LogP contribution in [0, 0.1) is 19.8 Å². The third-order valence-electron chi connectivity index (χ3n) is 2.96. The van der Waals surface area contributed by atoms with E-state index in [4.69, 9.17) is 9.47 Å². The average molecular weight is 281 g/mol. The van der Waals surface area contributed by atoms with Crippen molar-refractivity contribution >= 4 is 0 Å². The number of aliphatic hydroxyl groups excluding tert-OH is 1. The lowest BCUT2D eigenvalue weighted by Crippen LogP contribution is -2.34. The van der Waals surface area contributed by atoms with Crippen molar-refractivity contribution in [3.63, 3.8) is 0 Å². The first kappa shape index (κ1) is 17.0. The van der Waals surface area contributed by atoms with Gasteiger partial charge in [0, 0.05) is 20.3 Å². The molecule has 0 fully saturated rings. The van der Waals surface area contributed by atoms with Gasteiger partial charge in [0.15, 0.2) is 0 Å². The first-order chi connectivity index (χ1) is 9.51. The predicted molar refractivity (Wildman–Crippen MR) is 81.3 cm³/mol. The van der Waals surface area contributed by atoms with Gasteiger partial charge in [0.2, 0.25) is 0 Å². The van der Waals surface area contributed by atoms with Crippen LogP contribution in [-0.4, -0.2) is 44.6 Å². The number of hydrogen-bond acceptors (Lipinski definition) is 4. The zero-order chi connectivity index (χ0) is 15.0. The number of aryl methyl sites for hydroxylation is 2. The van der Waals surface area contributed by atoms with Crippen LogP contribution in [0.3, 0.4) is 0 Å². The van der Waals surface area contributed by atoms with Crippen molar-refractivity contribution in [2.45, 2.75) is 26.9 Å². The molecule has 0 saturated heterocycles. The van der Waals surface area contributed by atoms with E-state index in [1.165, 1.54) is 11.1 Å². The summed E-state index contributed by atoms with van der Waals surface area (Å²) in [5, 5.41) is 13.1. The Hall–Kier alpha value is -1.10. The van der Waals surface area contributed by atoms with Gasteiger partial charge in [0.1, 0.15) is 18.5 Å². The van der Waals surface area contributed by atoms with Crippen LogP contribution < -0.4 is 10.1 Å². The van der Waals surface area contributed by atoms with E-state index in [0.29, 0.717) is 19.1 Å². The van der Waals surface area contributed by atoms with Gasteiger partial charge in [-0.2, -0.15) is 0 Å². The van der Waals surface area contributed by atoms with Gasteiger partial charge in [-0.1, -0.05) is 13.0 Å². The van der Waals surface area contributed by atoms with Gasteiger partial charge in [-0.15, -0.1) is 0 Å². The summed E-state index contributed by atoms with van der Waals surface area (Å²) in [5.74, 6) is 1.25. The minimum absolute atomic E-state index is 0.300. The number of nitrogens with one attached hydrogen (secondary N) is 1. The molecular weight excluding hydrogens is 254 g/mol. The number of aliphatic hydroxyl groups is 1. The van der Waals surface area contributed by atoms with E-state index >= 15 is 0 Å². The maximum atomic E-state index is 9.87. The second kappa shape index (κ2) is 8.95. The lowest BCUT2D eigenvalue weighted by molar-refractivity contribution is 0.102. The van der Waals surface area contributed by atoms with Crippen molar-refractivity contribution in [3.8, 4) is 5.75 Å². The van der Waals surface area contributed by atoms with E-state index in [0.717, 1.165) is 18.9 Å². The minimum Gasteiger partial charge on any atom is -0.491 e. The minimum atomic E-state index is -0.509. The van der Waals surface area contributed by atoms with Crippen LogP contribution in [-0.2, 0) is 4.74 Å². The Morgan fingerprint density at radius 2 is 1.75 bits per heavy atom. The Morgan fingerprint density at radius 3 is 2.35 bits per heavy atom. The summed E-state index contributed by atoms with van der Waals surface area (Å²) in [6.07, 6.45) is -0.509. The molecular formula is C16H27NO3. The zero-order valence-corrected chi connectivity index (χ0v) is 13.0. The van der Waals surface area contributed by atoms with E-state index < -0.39 is 6.10 Å². The molecule has 0 saturated carbocycles. The standard InChI is InChI=1S/C16H27NO3/c1-12-5-13(2)7-16(6-12)20-11-15(18)9-17-8-14(3)10-19-4/h5-7,14-15,17-18H,8-11H2,1-4H3. The number of methoxy groups -OCH3 is 1. The molecule has 1 aromatic carbocycles. The highest BCUT2D eigenvalue weighted by Crippen LogP contribution is 2.16. The van der Waals surface area contributed by atoms with Crippen LogP contribution in [0.25, 0.3) is 0 Å². The second-order valence-electron chi connectivity index (χ2n) is 5.51. The molecule has 20 heavy (non-hydrogen) atoms. The van der Waals surface area contributed by atoms with E-state index in [2.05, 4.69) is 18.3 Å². The molecule has 4 heteroatoms. The zero-order valence-electron chi connectivity index (χ0n) is 13.0. The first-order valence-corrected chi connectivity index (χ1v) is 7.10. The summed E-state index contributed by atoms with van der Waals surface area (Å²) in [6, 6.07) is 6.06. The topological polar surface area (TPSA) is 50.7 Å². The van der Waals surface area contributed by atoms with Gasteiger partial charge in [-0.3, -0.25) is 0 Å². The van der Waals surface area contributed by atoms with Crippen LogP contribution in [0.4, 0.5) is 0 Å². The summed E-state index contributed by atoms with van der Waals surface area (Å²) < 4.78 is 10.7. The molecule has 0 heterocycles. The van der Waals surface area contributed by atoms with Crippen molar-refractivity contribution in [2.75, 3.05) is 33.4 Å². The summed E-state index contributed by atoms with van der Waals surface area (Å²) in [4.78, 5) is 0. The Bertz CT molecular complexity index is 375. The first-order valence-electron chi connectivity index (χ1n) is 7.10. The quantitative estimate of drug-likeness (QED) is 0.726. The molecule has 0 amide bonds. The summed E-state index contributed by atoms with van der Waals surface area (Å²) >= 11 is 0. The molecule has 1 rings (SSSR count). The van der Waals surface area contributed by atoms with Crippen LogP contribution in [0.5, 0.6) is 5.75 Å². The highest BCUT2D eigenvalue weighted by atomic mass is 16.5. The summed E-state index contributed by atoms with van der Waals surface area (Å²) in [6.45, 7) is 8.56. The molecule has 2 unspecified atom stereocenters. The fraction of sp³-hybridized carbons (Fsp3) is 0.625. The third-order valence-corrected chi connectivity index (χ3v) is 2.96. The summed E-state index contributed by atoms with van der Waals surface area (Å²) in [7, 11) is 1.70. The van der Waals surface area contributed by atoms with Gasteiger partial charge in [0.25, 0.3) is 0 Å². The monoisotopic (exact) mass is 281 g/mol. The molecule has 0 aliphatic carbocycles. The molecule has 0 bridgehead atoms. The number of ether oxygens (including phenoxy) is 2. The maximum Gasteiger partial charge on any atom is 0.119 e. The molecule has 4 nitrogen and oxygen atoms in total. The predicted octanol–water partition coefficient (Wildman–Crippen LogP) is 1.92. The number of benzene rings is 1. The summed E-state index contributed by atoms with van der Waals surface area (Å²) in [5.41, 5.74) is 2.34. The second-order valence-corrected chi connectivity index (χ2v) is 5.51. The Morgan fingerprint density at radius 1 is 1.10 bits per heavy atom. The van der Waals surface area contributed by atoms with Crippen molar-refractivity contribution in [1.82, 2.24) is 5.32 Å². The molecule has 114 valence electrons. The van der Waals surface area contributed by atoms with Crippen LogP contribution in [0.2, 0.25) is 0 Å². The fourth-order valence-corrected chi connectivity index (χ4v) is 2.11. The van der Waals surface area contributed by atoms with Crippen molar-refractivity contribution < 1.29 is 14.6 Å². The van der Waals surface area contributed by atoms with Crippen LogP contribution in [0.15, 0.2) is 18.2 Å². The van der Waals surface area contributed by atoms with E-state index in [1.54, 1.807) is 7.11 Å². The maximum absolute atomic E-state index is 9.87. The molecule has 2 atom stereocenters. The average Bonchev–Trinajstić information content (AvgIpc) is 2.35. The van der Waals surface area contributed by atoms with Gasteiger partial charge in [-0.05, 0) is 49.6 Å². The molecule has 0 aliphatic rings. The normalized spacial score (nSPS) is 14.1. The van der Waals surface area contributed by atoms with Crippen molar-refractivity contribution in [1.29, 1.82) is 0 Å². The molecule has 2 N–H and O–H groups in total. The van der Waals surface area contributed by atoms with Gasteiger partial charge >= 0.3 is 0 Å². The van der Waals surface area contributed by atoms with E-state index in [9.17, 15) is 5.11 Å². The number of rotatable bonds is 9. The van der Waals surface area contributed by atoms with Crippen molar-refractivity contribution in [3.05, 3.63) is 29.3 Å². The molecule has 0 aliphatic heterocycles. The van der Waals surface area contributed by atoms with E-state index in [1.807, 2.05) is 26.0 Å². The molecule has 0 radical (unpaired) electrons. The third kappa shape index (κ3) is 6.89. The lowest BCUT2D eigenvalue weighted by atomic mass is 10.1. The van der Waals surface area contributed by atoms with Gasteiger partial charge < -0.3 is 19.9 Å². The van der Waals surface area contributed by atoms with Gasteiger partial charge in [-0.25, -0.2) is 0 Å². The van der Waals surface area contributed by atoms with Gasteiger partial charge in [0.05, 0.1) is 0 Å². The smallest absolute Gasteiger partial charge is 0.119 e.